The molecule has 0 saturated carbocycles. The number of fused-ring (bicyclic) bond motifs is 2. The summed E-state index contributed by atoms with van der Waals surface area (Å²) in [7, 11) is 0. The van der Waals surface area contributed by atoms with Gasteiger partial charge in [-0.2, -0.15) is 0 Å². The number of thioether (sulfide) groups is 1. The minimum atomic E-state index is -0.679. The van der Waals surface area contributed by atoms with E-state index in [9.17, 15) is 19.2 Å². The van der Waals surface area contributed by atoms with E-state index in [1.54, 1.807) is 47.4 Å². The van der Waals surface area contributed by atoms with Crippen molar-refractivity contribution < 1.29 is 23.9 Å². The molecule has 6 rings (SSSR count). The Morgan fingerprint density at radius 3 is 2.59 bits per heavy atom. The van der Waals surface area contributed by atoms with Crippen LogP contribution in [0.2, 0.25) is 0 Å². The van der Waals surface area contributed by atoms with Gasteiger partial charge in [-0.05, 0) is 29.8 Å². The summed E-state index contributed by atoms with van der Waals surface area (Å²) in [5.41, 5.74) is 1.28. The van der Waals surface area contributed by atoms with Gasteiger partial charge in [-0.25, -0.2) is 4.90 Å². The first-order valence-corrected chi connectivity index (χ1v) is 13.6. The van der Waals surface area contributed by atoms with Crippen LogP contribution >= 0.6 is 23.1 Å². The number of thiazole rings is 1. The maximum absolute atomic E-state index is 13.7. The van der Waals surface area contributed by atoms with Gasteiger partial charge in [-0.15, -0.1) is 0 Å². The number of benzene rings is 2. The van der Waals surface area contributed by atoms with Gasteiger partial charge in [0.15, 0.2) is 6.61 Å². The molecule has 0 radical (unpaired) electrons. The zero-order valence-electron chi connectivity index (χ0n) is 19.6. The number of aromatic amines is 1. The van der Waals surface area contributed by atoms with Gasteiger partial charge in [0.25, 0.3) is 5.91 Å². The number of rotatable bonds is 5. The number of ether oxygens (including phenoxy) is 2. The van der Waals surface area contributed by atoms with Gasteiger partial charge in [0, 0.05) is 23.9 Å². The zero-order valence-corrected chi connectivity index (χ0v) is 21.3. The number of nitrogens with zero attached hydrogens (tertiary/aromatic N) is 2. The van der Waals surface area contributed by atoms with Gasteiger partial charge in [-0.3, -0.25) is 19.2 Å². The molecule has 0 aliphatic carbocycles. The Bertz CT molecular complexity index is 1410. The van der Waals surface area contributed by atoms with Crippen molar-refractivity contribution in [3.05, 3.63) is 74.7 Å². The standard InChI is InChI=1S/C26H23N3O6S2/c30-18(28-9-11-34-12-10-28)14-35-17-8-4-5-15(13-17)19-20-22(36-23-21(19)37-26(33)27-23)25(32)29(24(20)31)16-6-2-1-3-7-16/h1-8,13,19-20,22H,9-12,14H2,(H,27,33)/t19-,20?,22?/m1/s1. The molecule has 3 aliphatic rings. The average molecular weight is 538 g/mol. The summed E-state index contributed by atoms with van der Waals surface area (Å²) in [4.78, 5) is 58.3. The van der Waals surface area contributed by atoms with E-state index in [-0.39, 0.29) is 29.2 Å². The predicted molar refractivity (Wildman–Crippen MR) is 138 cm³/mol. The highest BCUT2D eigenvalue weighted by Crippen LogP contribution is 2.53. The number of hydrogen-bond acceptors (Lipinski definition) is 8. The summed E-state index contributed by atoms with van der Waals surface area (Å²) in [6.07, 6.45) is 0. The Balaban J connectivity index is 1.32. The number of carbonyl (C=O) groups excluding carboxylic acids is 3. The van der Waals surface area contributed by atoms with Gasteiger partial charge in [0.1, 0.15) is 11.0 Å². The fraction of sp³-hybridized carbons (Fsp3) is 0.308. The van der Waals surface area contributed by atoms with Crippen molar-refractivity contribution in [2.45, 2.75) is 16.2 Å². The van der Waals surface area contributed by atoms with E-state index in [0.29, 0.717) is 42.8 Å². The lowest BCUT2D eigenvalue weighted by atomic mass is 9.83. The van der Waals surface area contributed by atoms with Gasteiger partial charge in [0.05, 0.1) is 29.8 Å². The second kappa shape index (κ2) is 9.81. The molecule has 2 aromatic carbocycles. The first kappa shape index (κ1) is 24.0. The zero-order chi connectivity index (χ0) is 25.5. The number of para-hydroxylation sites is 1. The molecule has 37 heavy (non-hydrogen) atoms. The molecule has 3 aliphatic heterocycles. The normalized spacial score (nSPS) is 23.1. The van der Waals surface area contributed by atoms with Crippen molar-refractivity contribution in [1.82, 2.24) is 9.88 Å². The molecule has 190 valence electrons. The van der Waals surface area contributed by atoms with E-state index >= 15 is 0 Å². The summed E-state index contributed by atoms with van der Waals surface area (Å²) in [5, 5.41) is -0.0472. The van der Waals surface area contributed by atoms with Crippen LogP contribution in [0, 0.1) is 5.92 Å². The number of morpholine rings is 1. The number of carbonyl (C=O) groups is 3. The molecule has 11 heteroatoms. The van der Waals surface area contributed by atoms with Crippen molar-refractivity contribution in [1.29, 1.82) is 0 Å². The Labute approximate surface area is 220 Å². The third-order valence-electron chi connectivity index (χ3n) is 6.78. The lowest BCUT2D eigenvalue weighted by Crippen LogP contribution is -2.42. The quantitative estimate of drug-likeness (QED) is 0.498. The van der Waals surface area contributed by atoms with Crippen LogP contribution in [0.5, 0.6) is 5.75 Å². The van der Waals surface area contributed by atoms with Crippen LogP contribution in [0.25, 0.3) is 0 Å². The Morgan fingerprint density at radius 1 is 1.03 bits per heavy atom. The molecule has 2 saturated heterocycles. The molecular formula is C26H23N3O6S2. The number of hydrogen-bond donors (Lipinski definition) is 1. The van der Waals surface area contributed by atoms with Gasteiger partial charge in [0.2, 0.25) is 11.8 Å². The van der Waals surface area contributed by atoms with E-state index in [1.807, 2.05) is 12.1 Å². The smallest absolute Gasteiger partial charge is 0.305 e. The van der Waals surface area contributed by atoms with Crippen LogP contribution in [-0.2, 0) is 19.1 Å². The lowest BCUT2D eigenvalue weighted by molar-refractivity contribution is -0.137. The highest BCUT2D eigenvalue weighted by atomic mass is 32.2. The maximum Gasteiger partial charge on any atom is 0.305 e. The van der Waals surface area contributed by atoms with Crippen LogP contribution in [0.15, 0.2) is 64.4 Å². The predicted octanol–water partition coefficient (Wildman–Crippen LogP) is 2.47. The minimum Gasteiger partial charge on any atom is -0.484 e. The number of H-pyrrole nitrogens is 1. The van der Waals surface area contributed by atoms with E-state index in [0.717, 1.165) is 21.8 Å². The third-order valence-corrected chi connectivity index (χ3v) is 9.18. The SMILES string of the molecule is O=C(COc1cccc([C@H]2c3sc(=O)[nH]c3SC3C(=O)N(c4ccccc4)C(=O)C32)c1)N1CCOCC1. The number of imide groups is 1. The molecule has 1 aromatic heterocycles. The van der Waals surface area contributed by atoms with Crippen molar-refractivity contribution in [3.8, 4) is 5.75 Å². The van der Waals surface area contributed by atoms with Crippen LogP contribution in [0.1, 0.15) is 16.4 Å². The van der Waals surface area contributed by atoms with Crippen LogP contribution in [0.3, 0.4) is 0 Å². The van der Waals surface area contributed by atoms with Gasteiger partial charge >= 0.3 is 4.87 Å². The minimum absolute atomic E-state index is 0.113. The van der Waals surface area contributed by atoms with Crippen molar-refractivity contribution in [2.24, 2.45) is 5.92 Å². The molecule has 0 bridgehead atoms. The van der Waals surface area contributed by atoms with E-state index in [4.69, 9.17) is 9.47 Å². The van der Waals surface area contributed by atoms with E-state index < -0.39 is 17.1 Å². The van der Waals surface area contributed by atoms with Crippen molar-refractivity contribution in [3.63, 3.8) is 0 Å². The molecule has 0 spiro atoms. The lowest BCUT2D eigenvalue weighted by Gasteiger charge is -2.30. The van der Waals surface area contributed by atoms with Crippen molar-refractivity contribution in [2.75, 3.05) is 37.8 Å². The molecule has 1 N–H and O–H groups in total. The largest absolute Gasteiger partial charge is 0.484 e. The third kappa shape index (κ3) is 4.36. The number of anilines is 1. The number of nitrogens with one attached hydrogen (secondary N) is 1. The Kier molecular flexibility index (Phi) is 6.35. The van der Waals surface area contributed by atoms with Crippen LogP contribution < -0.4 is 14.5 Å². The molecule has 3 atom stereocenters. The molecule has 2 unspecified atom stereocenters. The second-order valence-electron chi connectivity index (χ2n) is 8.95. The van der Waals surface area contributed by atoms with Crippen LogP contribution in [-0.4, -0.2) is 65.8 Å². The van der Waals surface area contributed by atoms with Gasteiger partial charge in [-0.1, -0.05) is 53.4 Å². The molecular weight excluding hydrogens is 514 g/mol. The van der Waals surface area contributed by atoms with Crippen LogP contribution in [0.4, 0.5) is 5.69 Å². The molecule has 3 amide bonds. The van der Waals surface area contributed by atoms with E-state index in [1.165, 1.54) is 16.7 Å². The maximum atomic E-state index is 13.7. The topological polar surface area (TPSA) is 109 Å². The fourth-order valence-corrected chi connectivity index (χ4v) is 7.57. The summed E-state index contributed by atoms with van der Waals surface area (Å²) >= 11 is 2.30. The molecule has 2 fully saturated rings. The Morgan fingerprint density at radius 2 is 1.81 bits per heavy atom. The second-order valence-corrected chi connectivity index (χ2v) is 11.1. The monoisotopic (exact) mass is 537 g/mol. The Hall–Kier alpha value is -3.41. The summed E-state index contributed by atoms with van der Waals surface area (Å²) in [6, 6.07) is 16.1. The number of amides is 3. The molecule has 4 heterocycles. The van der Waals surface area contributed by atoms with Crippen molar-refractivity contribution >= 4 is 46.5 Å². The summed E-state index contributed by atoms with van der Waals surface area (Å²) in [5.74, 6) is -1.41. The molecule has 9 nitrogen and oxygen atoms in total. The van der Waals surface area contributed by atoms with E-state index in [2.05, 4.69) is 4.98 Å². The summed E-state index contributed by atoms with van der Waals surface area (Å²) in [6.45, 7) is 1.98. The highest BCUT2D eigenvalue weighted by molar-refractivity contribution is 8.00. The molecule has 3 aromatic rings. The first-order valence-electron chi connectivity index (χ1n) is 11.9. The fourth-order valence-electron chi connectivity index (χ4n) is 5.05. The average Bonchev–Trinajstić information content (AvgIpc) is 3.42. The van der Waals surface area contributed by atoms with Gasteiger partial charge < -0.3 is 19.4 Å². The highest BCUT2D eigenvalue weighted by Gasteiger charge is 2.56. The number of aromatic nitrogens is 1. The first-order chi connectivity index (χ1) is 18.0. The summed E-state index contributed by atoms with van der Waals surface area (Å²) < 4.78 is 11.1.